The summed E-state index contributed by atoms with van der Waals surface area (Å²) in [5, 5.41) is 0. The first-order valence-electron chi connectivity index (χ1n) is 4.36. The predicted octanol–water partition coefficient (Wildman–Crippen LogP) is 3.10. The maximum Gasteiger partial charge on any atom is 0.191 e. The van der Waals surface area contributed by atoms with Crippen molar-refractivity contribution in [3.63, 3.8) is 0 Å². The average Bonchev–Trinajstić information content (AvgIpc) is 2.51. The second-order valence-corrected chi connectivity index (χ2v) is 3.23. The molecule has 0 amide bonds. The molecule has 0 aliphatic heterocycles. The van der Waals surface area contributed by atoms with Gasteiger partial charge in [0.05, 0.1) is 11.8 Å². The Labute approximate surface area is 81.4 Å². The molecule has 0 aliphatic carbocycles. The van der Waals surface area contributed by atoms with Crippen molar-refractivity contribution >= 4 is 0 Å². The van der Waals surface area contributed by atoms with Gasteiger partial charge >= 0.3 is 0 Å². The van der Waals surface area contributed by atoms with Gasteiger partial charge in [0.2, 0.25) is 0 Å². The molecule has 1 aromatic carbocycles. The summed E-state index contributed by atoms with van der Waals surface area (Å²) in [6, 6.07) is 5.02. The van der Waals surface area contributed by atoms with E-state index in [1.54, 1.807) is 13.0 Å². The lowest BCUT2D eigenvalue weighted by Gasteiger charge is -1.99. The minimum Gasteiger partial charge on any atom is -0.441 e. The molecule has 0 spiro atoms. The fourth-order valence-electron chi connectivity index (χ4n) is 1.31. The van der Waals surface area contributed by atoms with Crippen LogP contribution in [0.2, 0.25) is 0 Å². The monoisotopic (exact) mass is 191 g/mol. The fraction of sp³-hybridized carbons (Fsp3) is 0.182. The molecule has 1 heterocycles. The first-order valence-corrected chi connectivity index (χ1v) is 4.36. The van der Waals surface area contributed by atoms with Gasteiger partial charge in [-0.2, -0.15) is 0 Å². The molecule has 0 N–H and O–H groups in total. The van der Waals surface area contributed by atoms with Crippen molar-refractivity contribution in [3.8, 4) is 11.3 Å². The molecule has 72 valence electrons. The number of halogens is 1. The molecule has 2 aromatic rings. The third-order valence-electron chi connectivity index (χ3n) is 2.01. The Hall–Kier alpha value is -1.64. The van der Waals surface area contributed by atoms with Crippen LogP contribution in [0.25, 0.3) is 11.3 Å². The molecule has 1 aromatic heterocycles. The summed E-state index contributed by atoms with van der Waals surface area (Å²) < 4.78 is 18.7. The van der Waals surface area contributed by atoms with Crippen LogP contribution in [0.4, 0.5) is 4.39 Å². The fourth-order valence-corrected chi connectivity index (χ4v) is 1.31. The number of aromatic nitrogens is 1. The molecule has 3 heteroatoms. The van der Waals surface area contributed by atoms with Crippen molar-refractivity contribution in [3.05, 3.63) is 41.7 Å². The van der Waals surface area contributed by atoms with E-state index in [0.29, 0.717) is 17.2 Å². The molecule has 2 rings (SSSR count). The van der Waals surface area contributed by atoms with Crippen LogP contribution < -0.4 is 0 Å². The number of hydrogen-bond acceptors (Lipinski definition) is 2. The summed E-state index contributed by atoms with van der Waals surface area (Å²) in [7, 11) is 0. The van der Waals surface area contributed by atoms with Crippen molar-refractivity contribution in [1.82, 2.24) is 4.98 Å². The van der Waals surface area contributed by atoms with Crippen LogP contribution in [0.3, 0.4) is 0 Å². The molecule has 0 unspecified atom stereocenters. The van der Waals surface area contributed by atoms with Gasteiger partial charge in [0.25, 0.3) is 0 Å². The number of oxazole rings is 1. The predicted molar refractivity (Wildman–Crippen MR) is 51.4 cm³/mol. The SMILES string of the molecule is Cc1ccc(-c2cnc(C)o2)c(F)c1. The van der Waals surface area contributed by atoms with E-state index in [-0.39, 0.29) is 5.82 Å². The topological polar surface area (TPSA) is 26.0 Å². The van der Waals surface area contributed by atoms with E-state index in [9.17, 15) is 4.39 Å². The van der Waals surface area contributed by atoms with E-state index in [2.05, 4.69) is 4.98 Å². The molecule has 0 atom stereocenters. The zero-order valence-electron chi connectivity index (χ0n) is 8.04. The molecular formula is C11H10FNO. The Bertz CT molecular complexity index is 462. The van der Waals surface area contributed by atoms with Crippen molar-refractivity contribution in [2.75, 3.05) is 0 Å². The minimum atomic E-state index is -0.277. The minimum absolute atomic E-state index is 0.277. The van der Waals surface area contributed by atoms with Gasteiger partial charge in [-0.05, 0) is 24.6 Å². The maximum absolute atomic E-state index is 13.5. The summed E-state index contributed by atoms with van der Waals surface area (Å²) in [5.74, 6) is 0.737. The Morgan fingerprint density at radius 3 is 2.64 bits per heavy atom. The third kappa shape index (κ3) is 1.53. The van der Waals surface area contributed by atoms with Crippen molar-refractivity contribution in [1.29, 1.82) is 0 Å². The van der Waals surface area contributed by atoms with Gasteiger partial charge in [-0.25, -0.2) is 9.37 Å². The van der Waals surface area contributed by atoms with Gasteiger partial charge in [0, 0.05) is 6.92 Å². The second-order valence-electron chi connectivity index (χ2n) is 3.23. The van der Waals surface area contributed by atoms with E-state index in [0.717, 1.165) is 5.56 Å². The lowest BCUT2D eigenvalue weighted by atomic mass is 10.1. The second kappa shape index (κ2) is 3.25. The highest BCUT2D eigenvalue weighted by molar-refractivity contribution is 5.57. The summed E-state index contributed by atoms with van der Waals surface area (Å²) in [6.45, 7) is 3.58. The van der Waals surface area contributed by atoms with E-state index in [1.807, 2.05) is 13.0 Å². The van der Waals surface area contributed by atoms with Gasteiger partial charge in [0.15, 0.2) is 11.7 Å². The Morgan fingerprint density at radius 2 is 2.07 bits per heavy atom. The van der Waals surface area contributed by atoms with Gasteiger partial charge in [0.1, 0.15) is 5.82 Å². The summed E-state index contributed by atoms with van der Waals surface area (Å²) in [4.78, 5) is 3.92. The molecular weight excluding hydrogens is 181 g/mol. The van der Waals surface area contributed by atoms with Crippen molar-refractivity contribution in [2.24, 2.45) is 0 Å². The van der Waals surface area contributed by atoms with E-state index in [1.165, 1.54) is 12.3 Å². The Kier molecular flexibility index (Phi) is 2.08. The van der Waals surface area contributed by atoms with Crippen LogP contribution in [0.15, 0.2) is 28.8 Å². The summed E-state index contributed by atoms with van der Waals surface area (Å²) in [6.07, 6.45) is 1.53. The lowest BCUT2D eigenvalue weighted by Crippen LogP contribution is -1.83. The maximum atomic E-state index is 13.5. The largest absolute Gasteiger partial charge is 0.441 e. The highest BCUT2D eigenvalue weighted by Gasteiger charge is 2.08. The first kappa shape index (κ1) is 8.94. The van der Waals surface area contributed by atoms with Crippen LogP contribution in [0, 0.1) is 19.7 Å². The third-order valence-corrected chi connectivity index (χ3v) is 2.01. The van der Waals surface area contributed by atoms with Crippen LogP contribution in [0.5, 0.6) is 0 Å². The van der Waals surface area contributed by atoms with Gasteiger partial charge in [-0.15, -0.1) is 0 Å². The quantitative estimate of drug-likeness (QED) is 0.692. The van der Waals surface area contributed by atoms with Crippen LogP contribution in [-0.4, -0.2) is 4.98 Å². The van der Waals surface area contributed by atoms with Crippen LogP contribution in [0.1, 0.15) is 11.5 Å². The number of hydrogen-bond donors (Lipinski definition) is 0. The van der Waals surface area contributed by atoms with Gasteiger partial charge in [-0.1, -0.05) is 6.07 Å². The van der Waals surface area contributed by atoms with E-state index in [4.69, 9.17) is 4.42 Å². The molecule has 0 saturated carbocycles. The first-order chi connectivity index (χ1) is 6.66. The molecule has 0 fully saturated rings. The molecule has 14 heavy (non-hydrogen) atoms. The lowest BCUT2D eigenvalue weighted by molar-refractivity contribution is 0.528. The van der Waals surface area contributed by atoms with Gasteiger partial charge < -0.3 is 4.42 Å². The van der Waals surface area contributed by atoms with E-state index < -0.39 is 0 Å². The van der Waals surface area contributed by atoms with Crippen molar-refractivity contribution < 1.29 is 8.81 Å². The van der Waals surface area contributed by atoms with E-state index >= 15 is 0 Å². The zero-order chi connectivity index (χ0) is 10.1. The molecule has 0 bridgehead atoms. The Morgan fingerprint density at radius 1 is 1.29 bits per heavy atom. The normalized spacial score (nSPS) is 10.5. The highest BCUT2D eigenvalue weighted by atomic mass is 19.1. The highest BCUT2D eigenvalue weighted by Crippen LogP contribution is 2.23. The standard InChI is InChI=1S/C11H10FNO/c1-7-3-4-9(10(12)5-7)11-6-13-8(2)14-11/h3-6H,1-2H3. The number of rotatable bonds is 1. The van der Waals surface area contributed by atoms with Crippen LogP contribution >= 0.6 is 0 Å². The number of benzene rings is 1. The molecule has 0 radical (unpaired) electrons. The zero-order valence-corrected chi connectivity index (χ0v) is 8.04. The van der Waals surface area contributed by atoms with Crippen LogP contribution in [-0.2, 0) is 0 Å². The van der Waals surface area contributed by atoms with Gasteiger partial charge in [-0.3, -0.25) is 0 Å². The molecule has 0 aliphatic rings. The number of nitrogens with zero attached hydrogens (tertiary/aromatic N) is 1. The Balaban J connectivity index is 2.52. The molecule has 0 saturated heterocycles. The number of aryl methyl sites for hydroxylation is 2. The smallest absolute Gasteiger partial charge is 0.191 e. The summed E-state index contributed by atoms with van der Waals surface area (Å²) >= 11 is 0. The average molecular weight is 191 g/mol. The molecule has 2 nitrogen and oxygen atoms in total. The van der Waals surface area contributed by atoms with Crippen molar-refractivity contribution in [2.45, 2.75) is 13.8 Å². The summed E-state index contributed by atoms with van der Waals surface area (Å²) in [5.41, 5.74) is 1.35.